The molecule has 2 aromatic carbocycles. The van der Waals surface area contributed by atoms with Gasteiger partial charge in [0.25, 0.3) is 5.91 Å². The van der Waals surface area contributed by atoms with Crippen molar-refractivity contribution in [3.05, 3.63) is 76.4 Å². The van der Waals surface area contributed by atoms with Crippen molar-refractivity contribution in [3.8, 4) is 17.1 Å². The zero-order chi connectivity index (χ0) is 22.7. The van der Waals surface area contributed by atoms with E-state index in [1.54, 1.807) is 36.4 Å². The van der Waals surface area contributed by atoms with E-state index in [1.165, 1.54) is 11.8 Å². The summed E-state index contributed by atoms with van der Waals surface area (Å²) in [6.07, 6.45) is 1.64. The van der Waals surface area contributed by atoms with E-state index in [0.29, 0.717) is 39.5 Å². The van der Waals surface area contributed by atoms with Gasteiger partial charge in [0, 0.05) is 11.6 Å². The van der Waals surface area contributed by atoms with Crippen LogP contribution >= 0.6 is 11.8 Å². The largest absolute Gasteiger partial charge is 0.494 e. The minimum absolute atomic E-state index is 0.183. The molecule has 1 saturated heterocycles. The van der Waals surface area contributed by atoms with Crippen LogP contribution in [0.15, 0.2) is 68.9 Å². The molecular formula is C24H20N2O5S. The predicted octanol–water partition coefficient (Wildman–Crippen LogP) is 5.24. The van der Waals surface area contributed by atoms with E-state index in [-0.39, 0.29) is 11.5 Å². The first-order chi connectivity index (χ1) is 15.4. The van der Waals surface area contributed by atoms with E-state index in [1.807, 2.05) is 38.1 Å². The van der Waals surface area contributed by atoms with Crippen LogP contribution in [0.1, 0.15) is 28.6 Å². The fraction of sp³-hybridized carbons (Fsp3) is 0.125. The molecule has 0 radical (unpaired) electrons. The topological polar surface area (TPSA) is 101 Å². The summed E-state index contributed by atoms with van der Waals surface area (Å²) in [5.74, 6) is 0.516. The Hall–Kier alpha value is -3.78. The Morgan fingerprint density at radius 1 is 1.19 bits per heavy atom. The summed E-state index contributed by atoms with van der Waals surface area (Å²) in [5, 5.41) is 12.5. The van der Waals surface area contributed by atoms with Gasteiger partial charge in [-0.3, -0.25) is 4.79 Å². The van der Waals surface area contributed by atoms with Crippen LogP contribution < -0.4 is 10.1 Å². The van der Waals surface area contributed by atoms with Crippen molar-refractivity contribution in [2.24, 2.45) is 4.99 Å². The maximum Gasteiger partial charge on any atom is 0.335 e. The summed E-state index contributed by atoms with van der Waals surface area (Å²) in [6, 6.07) is 15.7. The van der Waals surface area contributed by atoms with E-state index >= 15 is 0 Å². The number of amides is 1. The minimum atomic E-state index is -1.00. The van der Waals surface area contributed by atoms with Gasteiger partial charge >= 0.3 is 5.97 Å². The van der Waals surface area contributed by atoms with Gasteiger partial charge < -0.3 is 19.6 Å². The lowest BCUT2D eigenvalue weighted by atomic mass is 10.0. The Kier molecular flexibility index (Phi) is 6.13. The first kappa shape index (κ1) is 21.5. The van der Waals surface area contributed by atoms with Gasteiger partial charge in [0.15, 0.2) is 5.17 Å². The second kappa shape index (κ2) is 9.15. The fourth-order valence-electron chi connectivity index (χ4n) is 3.11. The number of aliphatic imine (C=N–C) groups is 1. The number of carbonyl (C=O) groups excluding carboxylic acids is 1. The minimum Gasteiger partial charge on any atom is -0.494 e. The van der Waals surface area contributed by atoms with Gasteiger partial charge in [0.2, 0.25) is 0 Å². The molecule has 162 valence electrons. The van der Waals surface area contributed by atoms with E-state index < -0.39 is 5.97 Å². The lowest BCUT2D eigenvalue weighted by Gasteiger charge is -2.04. The quantitative estimate of drug-likeness (QED) is 0.500. The van der Waals surface area contributed by atoms with Crippen LogP contribution in [-0.2, 0) is 4.79 Å². The highest BCUT2D eigenvalue weighted by Gasteiger charge is 2.24. The summed E-state index contributed by atoms with van der Waals surface area (Å²) in [5.41, 5.74) is 2.46. The third-order valence-electron chi connectivity index (χ3n) is 4.68. The van der Waals surface area contributed by atoms with Crippen LogP contribution in [0, 0.1) is 6.92 Å². The molecule has 0 aliphatic carbocycles. The van der Waals surface area contributed by atoms with Crippen LogP contribution in [-0.4, -0.2) is 28.8 Å². The predicted molar refractivity (Wildman–Crippen MR) is 124 cm³/mol. The lowest BCUT2D eigenvalue weighted by molar-refractivity contribution is -0.115. The molecule has 8 heteroatoms. The molecule has 0 bridgehead atoms. The molecule has 32 heavy (non-hydrogen) atoms. The van der Waals surface area contributed by atoms with Gasteiger partial charge in [0.05, 0.1) is 22.8 Å². The number of benzene rings is 2. The van der Waals surface area contributed by atoms with E-state index in [9.17, 15) is 14.7 Å². The van der Waals surface area contributed by atoms with Crippen LogP contribution in [0.3, 0.4) is 0 Å². The molecule has 0 saturated carbocycles. The average Bonchev–Trinajstić information content (AvgIpc) is 3.36. The molecule has 3 aromatic rings. The van der Waals surface area contributed by atoms with Crippen LogP contribution in [0.2, 0.25) is 0 Å². The Labute approximate surface area is 188 Å². The number of thioether (sulfide) groups is 1. The Balaban J connectivity index is 1.53. The van der Waals surface area contributed by atoms with Gasteiger partial charge in [-0.1, -0.05) is 6.07 Å². The highest BCUT2D eigenvalue weighted by atomic mass is 32.2. The second-order valence-electron chi connectivity index (χ2n) is 6.95. The first-order valence-corrected chi connectivity index (χ1v) is 10.7. The van der Waals surface area contributed by atoms with E-state index in [4.69, 9.17) is 9.15 Å². The Morgan fingerprint density at radius 2 is 1.97 bits per heavy atom. The first-order valence-electron chi connectivity index (χ1n) is 9.89. The zero-order valence-corrected chi connectivity index (χ0v) is 18.2. The maximum atomic E-state index is 12.4. The number of carbonyl (C=O) groups is 2. The van der Waals surface area contributed by atoms with Crippen molar-refractivity contribution in [3.63, 3.8) is 0 Å². The summed E-state index contributed by atoms with van der Waals surface area (Å²) < 4.78 is 11.3. The standard InChI is InChI=1S/C24H20N2O5S/c1-3-30-17-8-6-16(7-9-17)25-24-26-22(27)21(32-24)13-18-10-11-20(31-18)19-12-15(23(28)29)5-4-14(19)2/h4-13H,3H2,1-2H3,(H,28,29)(H,25,26,27)/b21-13+. The number of ether oxygens (including phenoxy) is 1. The number of aryl methyl sites for hydroxylation is 1. The van der Waals surface area contributed by atoms with E-state index in [2.05, 4.69) is 10.3 Å². The highest BCUT2D eigenvalue weighted by Crippen LogP contribution is 2.31. The third kappa shape index (κ3) is 4.76. The molecule has 1 aliphatic rings. The average molecular weight is 449 g/mol. The number of hydrogen-bond donors (Lipinski definition) is 2. The van der Waals surface area contributed by atoms with Crippen molar-refractivity contribution < 1.29 is 23.8 Å². The fourth-order valence-corrected chi connectivity index (χ4v) is 3.93. The molecule has 1 aromatic heterocycles. The van der Waals surface area contributed by atoms with Crippen molar-refractivity contribution in [2.45, 2.75) is 13.8 Å². The van der Waals surface area contributed by atoms with Gasteiger partial charge in [-0.15, -0.1) is 0 Å². The van der Waals surface area contributed by atoms with Crippen molar-refractivity contribution in [2.75, 3.05) is 6.61 Å². The summed E-state index contributed by atoms with van der Waals surface area (Å²) >= 11 is 1.22. The number of carboxylic acid groups (broad SMARTS) is 1. The molecule has 2 N–H and O–H groups in total. The molecule has 7 nitrogen and oxygen atoms in total. The van der Waals surface area contributed by atoms with Crippen LogP contribution in [0.4, 0.5) is 5.69 Å². The number of amidine groups is 1. The molecule has 1 amide bonds. The number of nitrogens with one attached hydrogen (secondary N) is 1. The number of nitrogens with zero attached hydrogens (tertiary/aromatic N) is 1. The van der Waals surface area contributed by atoms with Crippen molar-refractivity contribution in [1.82, 2.24) is 5.32 Å². The molecule has 0 unspecified atom stereocenters. The SMILES string of the molecule is CCOc1ccc(N=C2NC(=O)/C(=C\c3ccc(-c4cc(C(=O)O)ccc4C)o3)S2)cc1. The number of aromatic carboxylic acids is 1. The monoisotopic (exact) mass is 448 g/mol. The Morgan fingerprint density at radius 3 is 2.69 bits per heavy atom. The molecule has 1 aliphatic heterocycles. The highest BCUT2D eigenvalue weighted by molar-refractivity contribution is 8.18. The Bertz CT molecular complexity index is 1240. The zero-order valence-electron chi connectivity index (χ0n) is 17.4. The van der Waals surface area contributed by atoms with Crippen molar-refractivity contribution >= 4 is 40.6 Å². The normalized spacial score (nSPS) is 15.9. The summed E-state index contributed by atoms with van der Waals surface area (Å²) in [6.45, 7) is 4.39. The van der Waals surface area contributed by atoms with Gasteiger partial charge in [0.1, 0.15) is 17.3 Å². The molecule has 4 rings (SSSR count). The van der Waals surface area contributed by atoms with Gasteiger partial charge in [-0.25, -0.2) is 9.79 Å². The molecule has 2 heterocycles. The van der Waals surface area contributed by atoms with E-state index in [0.717, 1.165) is 11.3 Å². The smallest absolute Gasteiger partial charge is 0.335 e. The number of hydrogen-bond acceptors (Lipinski definition) is 6. The molecule has 1 fully saturated rings. The van der Waals surface area contributed by atoms with Gasteiger partial charge in [-0.05, 0) is 79.7 Å². The van der Waals surface area contributed by atoms with Crippen LogP contribution in [0.5, 0.6) is 5.75 Å². The second-order valence-corrected chi connectivity index (χ2v) is 7.98. The third-order valence-corrected chi connectivity index (χ3v) is 5.59. The number of rotatable bonds is 6. The summed E-state index contributed by atoms with van der Waals surface area (Å²) in [4.78, 5) is 28.5. The number of carboxylic acids is 1. The number of furan rings is 1. The lowest BCUT2D eigenvalue weighted by Crippen LogP contribution is -2.19. The van der Waals surface area contributed by atoms with Gasteiger partial charge in [-0.2, -0.15) is 0 Å². The molecular weight excluding hydrogens is 428 g/mol. The molecule has 0 spiro atoms. The molecule has 0 atom stereocenters. The summed E-state index contributed by atoms with van der Waals surface area (Å²) in [7, 11) is 0. The maximum absolute atomic E-state index is 12.4. The van der Waals surface area contributed by atoms with Crippen molar-refractivity contribution in [1.29, 1.82) is 0 Å². The van der Waals surface area contributed by atoms with Crippen LogP contribution in [0.25, 0.3) is 17.4 Å².